The van der Waals surface area contributed by atoms with E-state index in [1.807, 2.05) is 0 Å². The summed E-state index contributed by atoms with van der Waals surface area (Å²) in [4.78, 5) is 57.4. The maximum atomic E-state index is 12.4. The van der Waals surface area contributed by atoms with Crippen molar-refractivity contribution in [3.63, 3.8) is 0 Å². The Bertz CT molecular complexity index is 590. The minimum absolute atomic E-state index is 0.0403. The zero-order valence-electron chi connectivity index (χ0n) is 14.9. The average Bonchev–Trinajstić information content (AvgIpc) is 2.55. The lowest BCUT2D eigenvalue weighted by Crippen LogP contribution is -2.65. The van der Waals surface area contributed by atoms with Gasteiger partial charge in [-0.3, -0.25) is 14.4 Å². The van der Waals surface area contributed by atoms with Gasteiger partial charge in [0.1, 0.15) is 17.9 Å². The predicted octanol–water partition coefficient (Wildman–Crippen LogP) is -2.35. The lowest BCUT2D eigenvalue weighted by molar-refractivity contribution is -0.167. The molecule has 1 unspecified atom stereocenters. The van der Waals surface area contributed by atoms with Gasteiger partial charge in [0.2, 0.25) is 0 Å². The molecule has 10 N–H and O–H groups in total. The van der Waals surface area contributed by atoms with Gasteiger partial charge in [0.15, 0.2) is 5.66 Å². The standard InChI is InChI=1S/C15H26N4O8/c1-7(16)13(25)27-14(26)15(18,19)8(3-2-4-11(21)22)10(20)6-5-9(17)12(23)24/h7-9H,2-6,16-19H2,1H3,(H,21,22)(H,23,24)/t7-,8?,9+/m0/s1. The number of hydrogen-bond donors (Lipinski definition) is 6. The first-order valence-electron chi connectivity index (χ1n) is 8.13. The van der Waals surface area contributed by atoms with Gasteiger partial charge in [-0.15, -0.1) is 0 Å². The van der Waals surface area contributed by atoms with Crippen LogP contribution in [0.1, 0.15) is 39.0 Å². The summed E-state index contributed by atoms with van der Waals surface area (Å²) >= 11 is 0. The van der Waals surface area contributed by atoms with Crippen molar-refractivity contribution in [3.05, 3.63) is 0 Å². The molecule has 0 aromatic heterocycles. The largest absolute Gasteiger partial charge is 0.481 e. The number of carboxylic acids is 2. The Morgan fingerprint density at radius 2 is 1.56 bits per heavy atom. The molecule has 0 aliphatic carbocycles. The predicted molar refractivity (Wildman–Crippen MR) is 90.7 cm³/mol. The van der Waals surface area contributed by atoms with Gasteiger partial charge in [-0.1, -0.05) is 0 Å². The molecule has 0 fully saturated rings. The van der Waals surface area contributed by atoms with Gasteiger partial charge in [-0.05, 0) is 26.2 Å². The maximum Gasteiger partial charge on any atom is 0.349 e. The number of nitrogens with two attached hydrogens (primary N) is 4. The molecule has 0 saturated heterocycles. The van der Waals surface area contributed by atoms with Crippen LogP contribution in [-0.2, 0) is 28.7 Å². The van der Waals surface area contributed by atoms with Crippen LogP contribution in [-0.4, -0.2) is 57.6 Å². The van der Waals surface area contributed by atoms with E-state index in [0.717, 1.165) is 0 Å². The third kappa shape index (κ3) is 8.21. The second-order valence-electron chi connectivity index (χ2n) is 6.22. The molecule has 0 saturated carbocycles. The number of aliphatic carboxylic acids is 2. The minimum atomic E-state index is -2.44. The molecule has 0 amide bonds. The topological polar surface area (TPSA) is 239 Å². The molecule has 27 heavy (non-hydrogen) atoms. The second-order valence-corrected chi connectivity index (χ2v) is 6.22. The normalized spacial score (nSPS) is 14.7. The number of Topliss-reactive ketones (excluding diaryl/α,β-unsaturated/α-hetero) is 1. The Kier molecular flexibility index (Phi) is 9.72. The van der Waals surface area contributed by atoms with Crippen LogP contribution in [0.5, 0.6) is 0 Å². The molecule has 0 rings (SSSR count). The SMILES string of the molecule is C[C@H](N)C(=O)OC(=O)C(N)(N)C(CCCC(=O)O)C(=O)CC[C@@H](N)C(=O)O. The first-order valence-corrected chi connectivity index (χ1v) is 8.13. The number of rotatable bonds is 12. The number of carbonyl (C=O) groups excluding carboxylic acids is 3. The van der Waals surface area contributed by atoms with E-state index < -0.39 is 53.3 Å². The van der Waals surface area contributed by atoms with Gasteiger partial charge < -0.3 is 37.9 Å². The Labute approximate surface area is 155 Å². The zero-order chi connectivity index (χ0) is 21.4. The van der Waals surface area contributed by atoms with E-state index in [4.69, 9.17) is 33.1 Å². The van der Waals surface area contributed by atoms with Crippen LogP contribution in [0, 0.1) is 5.92 Å². The van der Waals surface area contributed by atoms with Crippen molar-refractivity contribution in [1.29, 1.82) is 0 Å². The van der Waals surface area contributed by atoms with Crippen LogP contribution in [0.3, 0.4) is 0 Å². The van der Waals surface area contributed by atoms with Gasteiger partial charge >= 0.3 is 23.9 Å². The van der Waals surface area contributed by atoms with Crippen molar-refractivity contribution >= 4 is 29.7 Å². The van der Waals surface area contributed by atoms with Gasteiger partial charge in [0.05, 0.1) is 5.92 Å². The van der Waals surface area contributed by atoms with E-state index in [-0.39, 0.29) is 32.1 Å². The molecule has 12 heteroatoms. The summed E-state index contributed by atoms with van der Waals surface area (Å²) in [5.74, 6) is -7.08. The number of hydrogen-bond acceptors (Lipinski definition) is 10. The summed E-state index contributed by atoms with van der Waals surface area (Å²) in [6, 6.07) is -2.45. The van der Waals surface area contributed by atoms with Crippen LogP contribution in [0.25, 0.3) is 0 Å². The molecule has 0 bridgehead atoms. The summed E-state index contributed by atoms with van der Waals surface area (Å²) in [5, 5.41) is 17.5. The second kappa shape index (κ2) is 10.7. The summed E-state index contributed by atoms with van der Waals surface area (Å²) in [5.41, 5.74) is 19.6. The van der Waals surface area contributed by atoms with Gasteiger partial charge in [-0.25, -0.2) is 9.59 Å². The molecule has 0 aromatic rings. The van der Waals surface area contributed by atoms with Crippen LogP contribution >= 0.6 is 0 Å². The Balaban J connectivity index is 5.31. The van der Waals surface area contributed by atoms with Crippen molar-refractivity contribution in [2.75, 3.05) is 0 Å². The van der Waals surface area contributed by atoms with Crippen LogP contribution in [0.4, 0.5) is 0 Å². The van der Waals surface area contributed by atoms with Crippen molar-refractivity contribution < 1.29 is 38.9 Å². The van der Waals surface area contributed by atoms with Gasteiger partial charge in [0, 0.05) is 12.8 Å². The molecule has 12 nitrogen and oxygen atoms in total. The summed E-state index contributed by atoms with van der Waals surface area (Å²) in [6.07, 6.45) is -1.16. The molecule has 0 aliphatic rings. The highest BCUT2D eigenvalue weighted by Gasteiger charge is 2.44. The highest BCUT2D eigenvalue weighted by molar-refractivity contribution is 5.96. The fourth-order valence-corrected chi connectivity index (χ4v) is 2.13. The van der Waals surface area contributed by atoms with E-state index in [0.29, 0.717) is 0 Å². The summed E-state index contributed by atoms with van der Waals surface area (Å²) in [7, 11) is 0. The number of carboxylic acid groups (broad SMARTS) is 2. The first kappa shape index (κ1) is 24.6. The van der Waals surface area contributed by atoms with Crippen LogP contribution < -0.4 is 22.9 Å². The summed E-state index contributed by atoms with van der Waals surface area (Å²) < 4.78 is 4.46. The molecule has 154 valence electrons. The molecule has 3 atom stereocenters. The number of carbonyl (C=O) groups is 5. The number of ketones is 1. The van der Waals surface area contributed by atoms with Gasteiger partial charge in [-0.2, -0.15) is 0 Å². The third-order valence-corrected chi connectivity index (χ3v) is 3.79. The lowest BCUT2D eigenvalue weighted by atomic mass is 9.83. The molecule has 0 radical (unpaired) electrons. The Hall–Kier alpha value is -2.41. The minimum Gasteiger partial charge on any atom is -0.481 e. The fraction of sp³-hybridized carbons (Fsp3) is 0.667. The van der Waals surface area contributed by atoms with E-state index in [1.54, 1.807) is 0 Å². The third-order valence-electron chi connectivity index (χ3n) is 3.79. The number of ether oxygens (including phenoxy) is 1. The molecule has 0 aromatic carbocycles. The number of esters is 2. The quantitative estimate of drug-likeness (QED) is 0.117. The fourth-order valence-electron chi connectivity index (χ4n) is 2.13. The summed E-state index contributed by atoms with van der Waals surface area (Å²) in [6.45, 7) is 1.26. The van der Waals surface area contributed by atoms with Crippen LogP contribution in [0.2, 0.25) is 0 Å². The Morgan fingerprint density at radius 3 is 2.00 bits per heavy atom. The van der Waals surface area contributed by atoms with E-state index >= 15 is 0 Å². The zero-order valence-corrected chi connectivity index (χ0v) is 14.9. The molecular weight excluding hydrogens is 364 g/mol. The van der Waals surface area contributed by atoms with Crippen molar-refractivity contribution in [1.82, 2.24) is 0 Å². The van der Waals surface area contributed by atoms with Crippen molar-refractivity contribution in [3.8, 4) is 0 Å². The highest BCUT2D eigenvalue weighted by Crippen LogP contribution is 2.22. The van der Waals surface area contributed by atoms with Gasteiger partial charge in [0.25, 0.3) is 0 Å². The average molecular weight is 390 g/mol. The first-order chi connectivity index (χ1) is 12.3. The maximum absolute atomic E-state index is 12.4. The molecule has 0 heterocycles. The lowest BCUT2D eigenvalue weighted by Gasteiger charge is -2.30. The monoisotopic (exact) mass is 390 g/mol. The van der Waals surface area contributed by atoms with E-state index in [1.165, 1.54) is 6.92 Å². The molecule has 0 aliphatic heterocycles. The molecule has 0 spiro atoms. The Morgan fingerprint density at radius 1 is 1.00 bits per heavy atom. The highest BCUT2D eigenvalue weighted by atomic mass is 16.6. The van der Waals surface area contributed by atoms with E-state index in [9.17, 15) is 24.0 Å². The van der Waals surface area contributed by atoms with Crippen LogP contribution in [0.15, 0.2) is 0 Å². The van der Waals surface area contributed by atoms with E-state index in [2.05, 4.69) is 4.74 Å². The van der Waals surface area contributed by atoms with Crippen molar-refractivity contribution in [2.45, 2.75) is 56.8 Å². The van der Waals surface area contributed by atoms with Crippen molar-refractivity contribution in [2.24, 2.45) is 28.9 Å². The smallest absolute Gasteiger partial charge is 0.349 e. The molecular formula is C15H26N4O8.